The van der Waals surface area contributed by atoms with Gasteiger partial charge in [0.25, 0.3) is 0 Å². The van der Waals surface area contributed by atoms with Gasteiger partial charge in [-0.15, -0.1) is 24.8 Å². The molecule has 392 valence electrons. The van der Waals surface area contributed by atoms with Gasteiger partial charge in [-0.1, -0.05) is 36.4 Å². The van der Waals surface area contributed by atoms with E-state index in [2.05, 4.69) is 51.8 Å². The number of aliphatic hydroxyl groups excluding tert-OH is 2. The second-order valence-electron chi connectivity index (χ2n) is 18.3. The van der Waals surface area contributed by atoms with Crippen LogP contribution >= 0.6 is 24.8 Å². The Kier molecular flexibility index (Phi) is 17.8. The molecule has 0 spiro atoms. The molecule has 14 nitrogen and oxygen atoms in total. The van der Waals surface area contributed by atoms with Crippen LogP contribution in [-0.2, 0) is 47.6 Å². The number of aromatic nitrogens is 4. The minimum atomic E-state index is -4.56. The molecule has 4 atom stereocenters. The van der Waals surface area contributed by atoms with E-state index in [0.717, 1.165) is 83.6 Å². The maximum Gasteiger partial charge on any atom is 0.416 e. The van der Waals surface area contributed by atoms with Crippen LogP contribution in [0.4, 0.5) is 60.7 Å². The number of carbonyl (C=O) groups excluding carboxylic acids is 2. The number of nitrogens with zero attached hydrogens (tertiary/aromatic N) is 4. The van der Waals surface area contributed by atoms with Crippen molar-refractivity contribution < 1.29 is 46.1 Å². The Morgan fingerprint density at radius 3 is 1.34 bits per heavy atom. The third-order valence-electron chi connectivity index (χ3n) is 13.3. The summed E-state index contributed by atoms with van der Waals surface area (Å²) in [5.74, 6) is 0.135. The molecule has 0 radical (unpaired) electrons. The van der Waals surface area contributed by atoms with E-state index in [4.69, 9.17) is 0 Å². The first-order chi connectivity index (χ1) is 34.6. The third-order valence-corrected chi connectivity index (χ3v) is 13.3. The molecule has 2 fully saturated rings. The molecule has 0 saturated carbocycles. The van der Waals surface area contributed by atoms with Crippen molar-refractivity contribution >= 4 is 71.0 Å². The van der Waals surface area contributed by atoms with E-state index in [0.29, 0.717) is 85.8 Å². The summed E-state index contributed by atoms with van der Waals surface area (Å²) in [4.78, 5) is 42.5. The number of amides is 2. The number of fused-ring (bicyclic) bond motifs is 2. The molecule has 10 rings (SSSR count). The molecular formula is C52H54Cl2F6N10O4. The minimum Gasteiger partial charge on any atom is -0.393 e. The summed E-state index contributed by atoms with van der Waals surface area (Å²) < 4.78 is 80.6. The standard InChI is InChI=1S/2C26H26F3N5O2.2ClH/c2*27-26(28,29)16-7-9-18(23(11-16)34-25(36)21-5-2-10-30-21)22-13-24(32-14-31-22)33-20-4-1-3-15-6-8-17(35)12-19(15)20;;/h2*1,3-4,7,9,11,13-14,17,21,30,35H,2,5-6,8,10,12H2,(H,34,36)(H,31,32,33);2*1H/t17-,21+;17-,21-;;/m10../s1. The number of aryl methyl sites for hydroxylation is 2. The number of aliphatic hydroxyl groups is 2. The molecule has 8 N–H and O–H groups in total. The Balaban J connectivity index is 0.000000211. The highest BCUT2D eigenvalue weighted by Gasteiger charge is 2.34. The van der Waals surface area contributed by atoms with Gasteiger partial charge in [0.05, 0.1) is 58.2 Å². The van der Waals surface area contributed by atoms with E-state index in [1.807, 2.05) is 36.4 Å². The van der Waals surface area contributed by atoms with Crippen LogP contribution in [0.25, 0.3) is 22.5 Å². The molecule has 2 amide bonds. The topological polar surface area (TPSA) is 198 Å². The SMILES string of the molecule is Cl.Cl.O=C(Nc1cc(C(F)(F)F)ccc1-c1cc(Nc2cccc3c2C[C@@H](O)CC3)ncn1)[C@@H]1CCCN1.O=C(Nc1cc(C(F)(F)F)ccc1-c1cc(Nc2cccc3c2C[C@H](O)CC3)ncn1)[C@@H]1CCCN1. The van der Waals surface area contributed by atoms with Crippen molar-refractivity contribution in [2.45, 2.75) is 101 Å². The predicted octanol–water partition coefficient (Wildman–Crippen LogP) is 9.74. The Morgan fingerprint density at radius 2 is 0.959 bits per heavy atom. The number of benzene rings is 4. The minimum absolute atomic E-state index is 0. The fourth-order valence-corrected chi connectivity index (χ4v) is 9.55. The third kappa shape index (κ3) is 13.3. The highest BCUT2D eigenvalue weighted by molar-refractivity contribution is 5.99. The number of carbonyl (C=O) groups is 2. The average molecular weight is 1070 g/mol. The van der Waals surface area contributed by atoms with Crippen LogP contribution in [0, 0.1) is 0 Å². The first kappa shape index (κ1) is 55.3. The predicted molar refractivity (Wildman–Crippen MR) is 274 cm³/mol. The average Bonchev–Trinajstić information content (AvgIpc) is 4.11. The smallest absolute Gasteiger partial charge is 0.393 e. The molecule has 2 saturated heterocycles. The molecule has 0 bridgehead atoms. The van der Waals surface area contributed by atoms with Gasteiger partial charge < -0.3 is 42.1 Å². The van der Waals surface area contributed by atoms with Crippen LogP contribution in [-0.4, -0.2) is 79.3 Å². The van der Waals surface area contributed by atoms with Crippen LogP contribution in [0.5, 0.6) is 0 Å². The van der Waals surface area contributed by atoms with Gasteiger partial charge in [0.2, 0.25) is 11.8 Å². The fraction of sp³-hybridized carbons (Fsp3) is 0.346. The van der Waals surface area contributed by atoms with Gasteiger partial charge >= 0.3 is 12.4 Å². The maximum absolute atomic E-state index is 13.4. The van der Waals surface area contributed by atoms with Crippen molar-refractivity contribution in [3.05, 3.63) is 131 Å². The van der Waals surface area contributed by atoms with Crippen LogP contribution in [0.2, 0.25) is 0 Å². The molecule has 4 heterocycles. The number of anilines is 6. The van der Waals surface area contributed by atoms with E-state index in [9.17, 15) is 46.1 Å². The molecule has 74 heavy (non-hydrogen) atoms. The van der Waals surface area contributed by atoms with Gasteiger partial charge in [-0.25, -0.2) is 19.9 Å². The number of halogens is 8. The summed E-state index contributed by atoms with van der Waals surface area (Å²) in [7, 11) is 0. The van der Waals surface area contributed by atoms with Crippen LogP contribution in [0.3, 0.4) is 0 Å². The lowest BCUT2D eigenvalue weighted by Crippen LogP contribution is -2.35. The highest BCUT2D eigenvalue weighted by atomic mass is 35.5. The zero-order valence-corrected chi connectivity index (χ0v) is 41.2. The Labute approximate surface area is 434 Å². The molecule has 2 aliphatic heterocycles. The summed E-state index contributed by atoms with van der Waals surface area (Å²) in [5, 5.41) is 38.2. The molecule has 0 unspecified atom stereocenters. The first-order valence-corrected chi connectivity index (χ1v) is 23.8. The quantitative estimate of drug-likeness (QED) is 0.0606. The zero-order valence-electron chi connectivity index (χ0n) is 39.6. The van der Waals surface area contributed by atoms with Gasteiger partial charge in [0, 0.05) is 47.5 Å². The Bertz CT molecular complexity index is 2760. The molecule has 6 aromatic rings. The van der Waals surface area contributed by atoms with E-state index >= 15 is 0 Å². The summed E-state index contributed by atoms with van der Waals surface area (Å²) in [6.07, 6.45) is -0.328. The second kappa shape index (κ2) is 23.8. The molecule has 22 heteroatoms. The normalized spacial score (nSPS) is 19.0. The number of alkyl halides is 6. The summed E-state index contributed by atoms with van der Waals surface area (Å²) in [6, 6.07) is 20.5. The Hall–Kier alpha value is -6.42. The second-order valence-corrected chi connectivity index (χ2v) is 18.3. The molecule has 2 aromatic heterocycles. The molecule has 4 aromatic carbocycles. The van der Waals surface area contributed by atoms with Crippen molar-refractivity contribution in [1.29, 1.82) is 0 Å². The summed E-state index contributed by atoms with van der Waals surface area (Å²) in [5.41, 5.74) is 5.75. The summed E-state index contributed by atoms with van der Waals surface area (Å²) in [6.45, 7) is 1.38. The van der Waals surface area contributed by atoms with Gasteiger partial charge in [-0.05, 0) is 123 Å². The van der Waals surface area contributed by atoms with E-state index in [-0.39, 0.29) is 48.0 Å². The fourth-order valence-electron chi connectivity index (χ4n) is 9.55. The lowest BCUT2D eigenvalue weighted by Gasteiger charge is -2.23. The lowest BCUT2D eigenvalue weighted by atomic mass is 9.88. The van der Waals surface area contributed by atoms with Crippen LogP contribution in [0.15, 0.2) is 97.6 Å². The molecular weight excluding hydrogens is 1010 g/mol. The van der Waals surface area contributed by atoms with Crippen molar-refractivity contribution in [3.63, 3.8) is 0 Å². The zero-order chi connectivity index (χ0) is 50.6. The van der Waals surface area contributed by atoms with Crippen LogP contribution < -0.4 is 31.9 Å². The number of hydrogen-bond donors (Lipinski definition) is 8. The van der Waals surface area contributed by atoms with E-state index < -0.39 is 47.8 Å². The van der Waals surface area contributed by atoms with Gasteiger partial charge in [-0.3, -0.25) is 9.59 Å². The largest absolute Gasteiger partial charge is 0.416 e. The van der Waals surface area contributed by atoms with E-state index in [1.54, 1.807) is 12.1 Å². The highest BCUT2D eigenvalue weighted by Crippen LogP contribution is 2.39. The molecule has 4 aliphatic rings. The maximum atomic E-state index is 13.4. The van der Waals surface area contributed by atoms with Gasteiger partial charge in [0.1, 0.15) is 24.3 Å². The van der Waals surface area contributed by atoms with Crippen molar-refractivity contribution in [3.8, 4) is 22.5 Å². The Morgan fingerprint density at radius 1 is 0.541 bits per heavy atom. The van der Waals surface area contributed by atoms with Gasteiger partial charge in [0.15, 0.2) is 0 Å². The number of rotatable bonds is 10. The van der Waals surface area contributed by atoms with Gasteiger partial charge in [-0.2, -0.15) is 26.3 Å². The summed E-state index contributed by atoms with van der Waals surface area (Å²) >= 11 is 0. The molecule has 2 aliphatic carbocycles. The monoisotopic (exact) mass is 1070 g/mol. The van der Waals surface area contributed by atoms with Crippen molar-refractivity contribution in [2.75, 3.05) is 34.4 Å². The first-order valence-electron chi connectivity index (χ1n) is 23.8. The number of nitrogens with one attached hydrogen (secondary N) is 6. The lowest BCUT2D eigenvalue weighted by molar-refractivity contribution is -0.138. The number of hydrogen-bond acceptors (Lipinski definition) is 12. The van der Waals surface area contributed by atoms with E-state index in [1.165, 1.54) is 24.8 Å². The van der Waals surface area contributed by atoms with Crippen LogP contribution in [0.1, 0.15) is 71.9 Å². The van der Waals surface area contributed by atoms with Crippen molar-refractivity contribution in [2.24, 2.45) is 0 Å². The van der Waals surface area contributed by atoms with Crippen molar-refractivity contribution in [1.82, 2.24) is 30.6 Å².